The van der Waals surface area contributed by atoms with Gasteiger partial charge in [0.2, 0.25) is 5.91 Å². The number of fused-ring (bicyclic) bond motifs is 1. The van der Waals surface area contributed by atoms with Gasteiger partial charge < -0.3 is 5.73 Å². The highest BCUT2D eigenvalue weighted by Gasteiger charge is 2.61. The molecule has 0 bridgehead atoms. The van der Waals surface area contributed by atoms with Crippen molar-refractivity contribution in [3.63, 3.8) is 0 Å². The number of amides is 1. The maximum Gasteiger partial charge on any atom is 0.401 e. The number of carbonyl (C=O) groups excluding carboxylic acids is 1. The number of carbonyl (C=O) groups is 1. The summed E-state index contributed by atoms with van der Waals surface area (Å²) in [4.78, 5) is 16.8. The Morgan fingerprint density at radius 1 is 1.23 bits per heavy atom. The zero-order valence-electron chi connectivity index (χ0n) is 14.0. The molecule has 1 aromatic carbocycles. The first-order chi connectivity index (χ1) is 12.3. The summed E-state index contributed by atoms with van der Waals surface area (Å²) in [6, 6.07) is 9.48. The standard InChI is InChI=1S/C19H18F3N3O/c20-19(21,22)11-25-9-16-6-18(16,10-25)15-3-1-12(2-4-15)13-5-14(17(23)26)8-24-7-13/h1-5,7-8,16H,6,9-11H2,(H2,23,26)/t16-,18+/m1/s1. The van der Waals surface area contributed by atoms with Gasteiger partial charge in [-0.2, -0.15) is 13.2 Å². The van der Waals surface area contributed by atoms with Crippen LogP contribution in [0.3, 0.4) is 0 Å². The molecule has 2 N–H and O–H groups in total. The maximum atomic E-state index is 12.6. The highest BCUT2D eigenvalue weighted by molar-refractivity contribution is 5.93. The molecule has 2 fully saturated rings. The predicted molar refractivity (Wildman–Crippen MR) is 90.5 cm³/mol. The van der Waals surface area contributed by atoms with Crippen LogP contribution in [0.1, 0.15) is 22.3 Å². The molecule has 0 spiro atoms. The fraction of sp³-hybridized carbons (Fsp3) is 0.368. The minimum atomic E-state index is -4.15. The van der Waals surface area contributed by atoms with Crippen LogP contribution in [0.15, 0.2) is 42.7 Å². The van der Waals surface area contributed by atoms with Gasteiger partial charge in [0.15, 0.2) is 0 Å². The van der Waals surface area contributed by atoms with Gasteiger partial charge in [0.1, 0.15) is 0 Å². The number of alkyl halides is 3. The summed E-state index contributed by atoms with van der Waals surface area (Å²) < 4.78 is 37.9. The predicted octanol–water partition coefficient (Wildman–Crippen LogP) is 2.98. The lowest BCUT2D eigenvalue weighted by Crippen LogP contribution is -2.35. The van der Waals surface area contributed by atoms with E-state index in [0.717, 1.165) is 23.1 Å². The van der Waals surface area contributed by atoms with Crippen LogP contribution in [-0.2, 0) is 5.41 Å². The van der Waals surface area contributed by atoms with Crippen molar-refractivity contribution >= 4 is 5.91 Å². The van der Waals surface area contributed by atoms with Crippen LogP contribution in [0.4, 0.5) is 13.2 Å². The molecule has 0 unspecified atom stereocenters. The number of nitrogens with zero attached hydrogens (tertiary/aromatic N) is 2. The first-order valence-corrected chi connectivity index (χ1v) is 8.42. The average molecular weight is 361 g/mol. The van der Waals surface area contributed by atoms with Gasteiger partial charge in [-0.3, -0.25) is 14.7 Å². The Balaban J connectivity index is 1.53. The van der Waals surface area contributed by atoms with E-state index in [1.807, 2.05) is 24.3 Å². The molecule has 4 nitrogen and oxygen atoms in total. The molecule has 1 aliphatic carbocycles. The molecule has 1 aliphatic heterocycles. The van der Waals surface area contributed by atoms with Gasteiger partial charge in [-0.05, 0) is 29.5 Å². The number of likely N-dealkylation sites (tertiary alicyclic amines) is 1. The molecule has 1 aromatic heterocycles. The lowest BCUT2D eigenvalue weighted by molar-refractivity contribution is -0.144. The molecule has 7 heteroatoms. The second-order valence-corrected chi connectivity index (χ2v) is 7.25. The van der Waals surface area contributed by atoms with E-state index >= 15 is 0 Å². The van der Waals surface area contributed by atoms with Gasteiger partial charge in [0.05, 0.1) is 12.1 Å². The number of nitrogens with two attached hydrogens (primary N) is 1. The summed E-state index contributed by atoms with van der Waals surface area (Å²) >= 11 is 0. The van der Waals surface area contributed by atoms with Crippen molar-refractivity contribution in [2.75, 3.05) is 19.6 Å². The zero-order valence-corrected chi connectivity index (χ0v) is 14.0. The van der Waals surface area contributed by atoms with E-state index in [9.17, 15) is 18.0 Å². The summed E-state index contributed by atoms with van der Waals surface area (Å²) in [7, 11) is 0. The van der Waals surface area contributed by atoms with Crippen LogP contribution in [0, 0.1) is 5.92 Å². The van der Waals surface area contributed by atoms with Crippen LogP contribution < -0.4 is 5.73 Å². The lowest BCUT2D eigenvalue weighted by Gasteiger charge is -2.22. The monoisotopic (exact) mass is 361 g/mol. The number of hydrogen-bond acceptors (Lipinski definition) is 3. The summed E-state index contributed by atoms with van der Waals surface area (Å²) in [6.45, 7) is 0.121. The Labute approximate surface area is 148 Å². The third-order valence-corrected chi connectivity index (χ3v) is 5.44. The molecule has 2 atom stereocenters. The SMILES string of the molecule is NC(=O)c1cncc(-c2ccc([C@@]34C[C@@H]3CN(CC(F)(F)F)C4)cc2)c1. The Kier molecular flexibility index (Phi) is 3.80. The number of hydrogen-bond donors (Lipinski definition) is 1. The molecule has 2 heterocycles. The Morgan fingerprint density at radius 3 is 2.62 bits per heavy atom. The molecule has 1 saturated carbocycles. The van der Waals surface area contributed by atoms with Gasteiger partial charge in [-0.15, -0.1) is 0 Å². The highest BCUT2D eigenvalue weighted by Crippen LogP contribution is 2.59. The molecule has 2 aliphatic rings. The van der Waals surface area contributed by atoms with Gasteiger partial charge in [0.25, 0.3) is 0 Å². The average Bonchev–Trinajstić information content (AvgIpc) is 3.16. The largest absolute Gasteiger partial charge is 0.401 e. The maximum absolute atomic E-state index is 12.6. The van der Waals surface area contributed by atoms with Crippen molar-refractivity contribution in [1.29, 1.82) is 0 Å². The van der Waals surface area contributed by atoms with Gasteiger partial charge >= 0.3 is 6.18 Å². The van der Waals surface area contributed by atoms with Gasteiger partial charge in [-0.1, -0.05) is 24.3 Å². The number of piperidine rings is 1. The van der Waals surface area contributed by atoms with E-state index in [4.69, 9.17) is 5.73 Å². The van der Waals surface area contributed by atoms with Crippen molar-refractivity contribution in [2.45, 2.75) is 18.0 Å². The lowest BCUT2D eigenvalue weighted by atomic mass is 9.93. The second-order valence-electron chi connectivity index (χ2n) is 7.25. The van der Waals surface area contributed by atoms with Crippen LogP contribution in [-0.4, -0.2) is 41.6 Å². The molecule has 2 aromatic rings. The zero-order chi connectivity index (χ0) is 18.5. The smallest absolute Gasteiger partial charge is 0.366 e. The van der Waals surface area contributed by atoms with Crippen LogP contribution >= 0.6 is 0 Å². The first-order valence-electron chi connectivity index (χ1n) is 8.42. The highest BCUT2D eigenvalue weighted by atomic mass is 19.4. The number of aromatic nitrogens is 1. The van der Waals surface area contributed by atoms with Crippen LogP contribution in [0.2, 0.25) is 0 Å². The molecule has 0 radical (unpaired) electrons. The van der Waals surface area contributed by atoms with Crippen LogP contribution in [0.5, 0.6) is 0 Å². The Morgan fingerprint density at radius 2 is 1.96 bits per heavy atom. The van der Waals surface area contributed by atoms with Crippen molar-refractivity contribution in [3.05, 3.63) is 53.9 Å². The number of halogens is 3. The van der Waals surface area contributed by atoms with Gasteiger partial charge in [-0.25, -0.2) is 0 Å². The minimum absolute atomic E-state index is 0.142. The summed E-state index contributed by atoms with van der Waals surface area (Å²) in [5, 5.41) is 0. The fourth-order valence-electron chi connectivity index (χ4n) is 4.13. The number of benzene rings is 1. The van der Waals surface area contributed by atoms with E-state index in [2.05, 4.69) is 4.98 Å². The number of pyridine rings is 1. The summed E-state index contributed by atoms with van der Waals surface area (Å²) in [5.74, 6) is -0.234. The van der Waals surface area contributed by atoms with Crippen molar-refractivity contribution in [2.24, 2.45) is 11.7 Å². The van der Waals surface area contributed by atoms with Crippen molar-refractivity contribution in [3.8, 4) is 11.1 Å². The van der Waals surface area contributed by atoms with E-state index in [1.54, 1.807) is 12.3 Å². The summed E-state index contributed by atoms with van der Waals surface area (Å²) in [5.41, 5.74) is 8.23. The molecular formula is C19H18F3N3O. The third kappa shape index (κ3) is 3.07. The molecule has 26 heavy (non-hydrogen) atoms. The molecular weight excluding hydrogens is 343 g/mol. The second kappa shape index (κ2) is 5.81. The number of primary amides is 1. The Hall–Kier alpha value is -2.41. The van der Waals surface area contributed by atoms with E-state index in [1.165, 1.54) is 11.1 Å². The van der Waals surface area contributed by atoms with E-state index in [0.29, 0.717) is 24.6 Å². The number of rotatable bonds is 4. The molecule has 4 rings (SSSR count). The molecule has 136 valence electrons. The van der Waals surface area contributed by atoms with E-state index in [-0.39, 0.29) is 5.41 Å². The quantitative estimate of drug-likeness (QED) is 0.911. The minimum Gasteiger partial charge on any atom is -0.366 e. The normalized spacial score (nSPS) is 25.1. The fourth-order valence-corrected chi connectivity index (χ4v) is 4.13. The molecule has 1 saturated heterocycles. The van der Waals surface area contributed by atoms with E-state index < -0.39 is 18.6 Å². The topological polar surface area (TPSA) is 59.2 Å². The van der Waals surface area contributed by atoms with Crippen molar-refractivity contribution in [1.82, 2.24) is 9.88 Å². The third-order valence-electron chi connectivity index (χ3n) is 5.44. The molecule has 1 amide bonds. The van der Waals surface area contributed by atoms with Crippen molar-refractivity contribution < 1.29 is 18.0 Å². The van der Waals surface area contributed by atoms with Gasteiger partial charge in [0, 0.05) is 36.5 Å². The first kappa shape index (κ1) is 17.0. The summed E-state index contributed by atoms with van der Waals surface area (Å²) in [6.07, 6.45) is -0.137. The van der Waals surface area contributed by atoms with Crippen LogP contribution in [0.25, 0.3) is 11.1 Å². The Bertz CT molecular complexity index is 850.